The molecule has 1 aliphatic heterocycles. The van der Waals surface area contributed by atoms with Crippen LogP contribution in [0.2, 0.25) is 0 Å². The molecule has 5 heteroatoms. The maximum atomic E-state index is 12.2. The van der Waals surface area contributed by atoms with Gasteiger partial charge in [-0.05, 0) is 64.3 Å². The maximum absolute atomic E-state index is 12.2. The monoisotopic (exact) mass is 407 g/mol. The van der Waals surface area contributed by atoms with E-state index in [1.54, 1.807) is 12.1 Å². The van der Waals surface area contributed by atoms with Crippen LogP contribution in [-0.4, -0.2) is 11.0 Å². The summed E-state index contributed by atoms with van der Waals surface area (Å²) in [5.74, 6) is 0.119. The average molecular weight is 409 g/mol. The van der Waals surface area contributed by atoms with Crippen LogP contribution < -0.4 is 5.32 Å². The Bertz CT molecular complexity index is 797. The van der Waals surface area contributed by atoms with Gasteiger partial charge in [0.15, 0.2) is 0 Å². The van der Waals surface area contributed by atoms with E-state index in [4.69, 9.17) is 0 Å². The lowest BCUT2D eigenvalue weighted by Crippen LogP contribution is -2.03. The van der Waals surface area contributed by atoms with E-state index in [0.29, 0.717) is 5.57 Å². The van der Waals surface area contributed by atoms with Gasteiger partial charge in [0.05, 0.1) is 5.69 Å². The summed E-state index contributed by atoms with van der Waals surface area (Å²) in [6.45, 7) is 1.83. The van der Waals surface area contributed by atoms with Crippen molar-refractivity contribution in [3.05, 3.63) is 56.0 Å². The highest BCUT2D eigenvalue weighted by molar-refractivity contribution is 9.11. The molecule has 106 valence electrons. The molecule has 2 aromatic carbocycles. The number of amides is 1. The number of benzene rings is 2. The number of anilines is 1. The van der Waals surface area contributed by atoms with Crippen LogP contribution in [0.25, 0.3) is 11.6 Å². The van der Waals surface area contributed by atoms with Crippen molar-refractivity contribution in [2.45, 2.75) is 6.92 Å². The van der Waals surface area contributed by atoms with Crippen LogP contribution in [0.3, 0.4) is 0 Å². The van der Waals surface area contributed by atoms with Gasteiger partial charge in [-0.15, -0.1) is 0 Å². The second-order valence-electron chi connectivity index (χ2n) is 4.87. The van der Waals surface area contributed by atoms with Gasteiger partial charge in [0.2, 0.25) is 0 Å². The summed E-state index contributed by atoms with van der Waals surface area (Å²) >= 11 is 6.90. The van der Waals surface area contributed by atoms with Crippen LogP contribution in [0.4, 0.5) is 5.69 Å². The second-order valence-corrected chi connectivity index (χ2v) is 6.64. The molecule has 0 saturated heterocycles. The summed E-state index contributed by atoms with van der Waals surface area (Å²) in [6.07, 6.45) is 1.83. The molecule has 3 nitrogen and oxygen atoms in total. The van der Waals surface area contributed by atoms with Crippen LogP contribution in [0, 0.1) is 6.92 Å². The number of phenolic OH excluding ortho intramolecular Hbond substituents is 1. The lowest BCUT2D eigenvalue weighted by molar-refractivity contribution is -0.110. The van der Waals surface area contributed by atoms with Crippen LogP contribution >= 0.6 is 31.9 Å². The summed E-state index contributed by atoms with van der Waals surface area (Å²) in [4.78, 5) is 12.2. The van der Waals surface area contributed by atoms with Gasteiger partial charge < -0.3 is 10.4 Å². The zero-order valence-corrected chi connectivity index (χ0v) is 14.2. The number of hydrogen-bond donors (Lipinski definition) is 2. The molecule has 2 N–H and O–H groups in total. The van der Waals surface area contributed by atoms with Gasteiger partial charge in [-0.3, -0.25) is 4.79 Å². The van der Waals surface area contributed by atoms with Crippen LogP contribution in [0.5, 0.6) is 5.75 Å². The molecule has 0 aromatic heterocycles. The molecule has 0 fully saturated rings. The number of halogens is 2. The Morgan fingerprint density at radius 1 is 1.19 bits per heavy atom. The average Bonchev–Trinajstić information content (AvgIpc) is 2.72. The fourth-order valence-corrected chi connectivity index (χ4v) is 3.62. The van der Waals surface area contributed by atoms with Crippen molar-refractivity contribution in [3.63, 3.8) is 0 Å². The lowest BCUT2D eigenvalue weighted by atomic mass is 10.0. The smallest absolute Gasteiger partial charge is 0.256 e. The Balaban J connectivity index is 2.14. The highest BCUT2D eigenvalue weighted by Crippen LogP contribution is 2.40. The third-order valence-corrected chi connectivity index (χ3v) is 4.44. The Labute approximate surface area is 138 Å². The topological polar surface area (TPSA) is 49.3 Å². The lowest BCUT2D eigenvalue weighted by Gasteiger charge is -2.03. The third-order valence-electron chi connectivity index (χ3n) is 3.36. The van der Waals surface area contributed by atoms with Crippen molar-refractivity contribution >= 4 is 55.1 Å². The molecule has 3 rings (SSSR count). The molecule has 0 atom stereocenters. The first kappa shape index (κ1) is 14.4. The van der Waals surface area contributed by atoms with Crippen molar-refractivity contribution < 1.29 is 9.90 Å². The van der Waals surface area contributed by atoms with Gasteiger partial charge >= 0.3 is 0 Å². The van der Waals surface area contributed by atoms with Gasteiger partial charge in [-0.2, -0.15) is 0 Å². The summed E-state index contributed by atoms with van der Waals surface area (Å²) in [6, 6.07) is 9.07. The zero-order chi connectivity index (χ0) is 15.1. The molecule has 0 spiro atoms. The number of carbonyl (C=O) groups is 1. The number of aryl methyl sites for hydroxylation is 1. The highest BCUT2D eigenvalue weighted by Gasteiger charge is 2.26. The van der Waals surface area contributed by atoms with Gasteiger partial charge in [0, 0.05) is 20.1 Å². The first-order chi connectivity index (χ1) is 9.95. The molecular formula is C16H11Br2NO2. The van der Waals surface area contributed by atoms with Crippen molar-refractivity contribution in [2.24, 2.45) is 0 Å². The standard InChI is InChI=1S/C16H11Br2NO2/c1-8-4-9(2-3-14(8)20)5-12-11-6-10(17)7-13(18)15(11)19-16(12)21/h2-7,20H,1H3,(H,19,21). The van der Waals surface area contributed by atoms with Crippen LogP contribution in [-0.2, 0) is 4.79 Å². The quantitative estimate of drug-likeness (QED) is 0.670. The maximum Gasteiger partial charge on any atom is 0.256 e. The van der Waals surface area contributed by atoms with E-state index in [1.807, 2.05) is 31.2 Å². The molecule has 1 heterocycles. The van der Waals surface area contributed by atoms with Crippen molar-refractivity contribution in [2.75, 3.05) is 5.32 Å². The van der Waals surface area contributed by atoms with Crippen LogP contribution in [0.1, 0.15) is 16.7 Å². The van der Waals surface area contributed by atoms with Crippen molar-refractivity contribution in [1.29, 1.82) is 0 Å². The summed E-state index contributed by atoms with van der Waals surface area (Å²) < 4.78 is 1.74. The number of aromatic hydroxyl groups is 1. The van der Waals surface area contributed by atoms with E-state index in [9.17, 15) is 9.90 Å². The summed E-state index contributed by atoms with van der Waals surface area (Å²) in [5, 5.41) is 12.4. The number of fused-ring (bicyclic) bond motifs is 1. The van der Waals surface area contributed by atoms with Gasteiger partial charge in [0.1, 0.15) is 5.75 Å². The normalized spacial score (nSPS) is 15.2. The Hall–Kier alpha value is -1.59. The molecule has 0 unspecified atom stereocenters. The first-order valence-corrected chi connectivity index (χ1v) is 7.86. The number of phenols is 1. The largest absolute Gasteiger partial charge is 0.508 e. The minimum Gasteiger partial charge on any atom is -0.508 e. The van der Waals surface area contributed by atoms with E-state index < -0.39 is 0 Å². The van der Waals surface area contributed by atoms with E-state index in [1.165, 1.54) is 0 Å². The molecule has 0 radical (unpaired) electrons. The highest BCUT2D eigenvalue weighted by atomic mass is 79.9. The number of hydrogen-bond acceptors (Lipinski definition) is 2. The second kappa shape index (κ2) is 5.31. The molecule has 0 aliphatic carbocycles. The SMILES string of the molecule is Cc1cc(C=C2C(=O)Nc3c(Br)cc(Br)cc32)ccc1O. The summed E-state index contributed by atoms with van der Waals surface area (Å²) in [7, 11) is 0. The first-order valence-electron chi connectivity index (χ1n) is 6.28. The van der Waals surface area contributed by atoms with Crippen molar-refractivity contribution in [1.82, 2.24) is 0 Å². The van der Waals surface area contributed by atoms with Gasteiger partial charge in [-0.1, -0.05) is 22.0 Å². The minimum absolute atomic E-state index is 0.130. The molecule has 0 bridgehead atoms. The predicted molar refractivity (Wildman–Crippen MR) is 91.2 cm³/mol. The predicted octanol–water partition coefficient (Wildman–Crippen LogP) is 4.72. The summed E-state index contributed by atoms with van der Waals surface area (Å²) in [5.41, 5.74) is 3.90. The van der Waals surface area contributed by atoms with E-state index in [2.05, 4.69) is 37.2 Å². The fourth-order valence-electron chi connectivity index (χ4n) is 2.29. The Morgan fingerprint density at radius 2 is 1.95 bits per heavy atom. The number of carbonyl (C=O) groups excluding carboxylic acids is 1. The molecule has 1 aliphatic rings. The molecular weight excluding hydrogens is 398 g/mol. The van der Waals surface area contributed by atoms with Crippen LogP contribution in [0.15, 0.2) is 39.3 Å². The number of rotatable bonds is 1. The Kier molecular flexibility index (Phi) is 3.63. The molecule has 1 amide bonds. The third kappa shape index (κ3) is 2.63. The number of nitrogens with one attached hydrogen (secondary N) is 1. The fraction of sp³-hybridized carbons (Fsp3) is 0.0625. The minimum atomic E-state index is -0.130. The zero-order valence-electron chi connectivity index (χ0n) is 11.1. The molecule has 0 saturated carbocycles. The van der Waals surface area contributed by atoms with E-state index in [0.717, 1.165) is 31.3 Å². The molecule has 2 aromatic rings. The Morgan fingerprint density at radius 3 is 2.67 bits per heavy atom. The van der Waals surface area contributed by atoms with Gasteiger partial charge in [-0.25, -0.2) is 0 Å². The van der Waals surface area contributed by atoms with E-state index in [-0.39, 0.29) is 11.7 Å². The van der Waals surface area contributed by atoms with Crippen molar-refractivity contribution in [3.8, 4) is 5.75 Å². The molecule has 21 heavy (non-hydrogen) atoms. The van der Waals surface area contributed by atoms with E-state index >= 15 is 0 Å². The van der Waals surface area contributed by atoms with Gasteiger partial charge in [0.25, 0.3) is 5.91 Å².